The van der Waals surface area contributed by atoms with Gasteiger partial charge in [0.25, 0.3) is 0 Å². The molecule has 0 heterocycles. The summed E-state index contributed by atoms with van der Waals surface area (Å²) in [5.41, 5.74) is 8.46. The van der Waals surface area contributed by atoms with Crippen molar-refractivity contribution in [2.75, 3.05) is 0 Å². The van der Waals surface area contributed by atoms with Gasteiger partial charge in [0.2, 0.25) is 0 Å². The van der Waals surface area contributed by atoms with Gasteiger partial charge in [-0.1, -0.05) is 114 Å². The van der Waals surface area contributed by atoms with Crippen molar-refractivity contribution in [2.24, 2.45) is 9.98 Å². The van der Waals surface area contributed by atoms with Crippen molar-refractivity contribution in [2.45, 2.75) is 80.1 Å². The summed E-state index contributed by atoms with van der Waals surface area (Å²) in [5.74, 6) is -4.27. The standard InChI is InChI=1S/C28H24N2.C14H20F2O2.Ni/c1-17-9-5-10-18(2)25(17)29-27-22-15-7-13-21-14-8-16-23(24(21)22)28(27)30-26-19(3)11-6-12-20(26)4;1-13(2,3)7-9(15)10(16)8(14(4,5)6)12(18)11(7)17;/h5-16H,1-4H3;17-18H,1-6H3;/q;;+2/p-2. The minimum atomic E-state index is -1.20. The molecule has 256 valence electrons. The molecule has 5 aromatic rings. The first-order valence-electron chi connectivity index (χ1n) is 16.2. The monoisotopic (exact) mass is 702 g/mol. The van der Waals surface area contributed by atoms with Gasteiger partial charge in [0.1, 0.15) is 0 Å². The number of rotatable bonds is 2. The van der Waals surface area contributed by atoms with Crippen LogP contribution in [0, 0.1) is 39.3 Å². The molecule has 4 nitrogen and oxygen atoms in total. The molecule has 7 heteroatoms. The van der Waals surface area contributed by atoms with E-state index in [0.29, 0.717) is 0 Å². The maximum atomic E-state index is 14.0. The molecule has 0 bridgehead atoms. The zero-order valence-electron chi connectivity index (χ0n) is 29.7. The quantitative estimate of drug-likeness (QED) is 0.172. The molecule has 0 radical (unpaired) electrons. The Morgan fingerprint density at radius 2 is 0.816 bits per heavy atom. The van der Waals surface area contributed by atoms with Gasteiger partial charge in [0.15, 0.2) is 11.6 Å². The van der Waals surface area contributed by atoms with Crippen molar-refractivity contribution in [3.8, 4) is 11.5 Å². The van der Waals surface area contributed by atoms with Gasteiger partial charge in [-0.25, -0.2) is 18.8 Å². The molecule has 0 saturated heterocycles. The van der Waals surface area contributed by atoms with Gasteiger partial charge in [-0.3, -0.25) is 0 Å². The molecule has 0 N–H and O–H groups in total. The van der Waals surface area contributed by atoms with Crippen LogP contribution in [0.3, 0.4) is 0 Å². The third-order valence-electron chi connectivity index (χ3n) is 8.76. The summed E-state index contributed by atoms with van der Waals surface area (Å²) in [6, 6.07) is 25.6. The zero-order valence-corrected chi connectivity index (χ0v) is 30.7. The molecule has 0 spiro atoms. The Balaban J connectivity index is 0.000000246. The molecule has 0 saturated carbocycles. The third-order valence-corrected chi connectivity index (χ3v) is 8.76. The molecule has 49 heavy (non-hydrogen) atoms. The van der Waals surface area contributed by atoms with Gasteiger partial charge in [-0.05, 0) is 77.3 Å². The molecular formula is C42H42F2N2NiO2. The fourth-order valence-corrected chi connectivity index (χ4v) is 6.39. The molecule has 0 unspecified atom stereocenters. The van der Waals surface area contributed by atoms with Crippen molar-refractivity contribution >= 4 is 33.6 Å². The molecule has 0 aliphatic heterocycles. The fourth-order valence-electron chi connectivity index (χ4n) is 6.39. The first-order chi connectivity index (χ1) is 22.4. The average molecular weight is 703 g/mol. The summed E-state index contributed by atoms with van der Waals surface area (Å²) < 4.78 is 28.0. The van der Waals surface area contributed by atoms with Crippen LogP contribution in [-0.2, 0) is 27.3 Å². The molecule has 1 aliphatic rings. The van der Waals surface area contributed by atoms with E-state index in [0.717, 1.165) is 33.9 Å². The van der Waals surface area contributed by atoms with Gasteiger partial charge in [0.05, 0.1) is 22.8 Å². The number of aliphatic imine (C=N–C) groups is 2. The molecule has 5 aromatic carbocycles. The normalized spacial score (nSPS) is 14.2. The van der Waals surface area contributed by atoms with Crippen molar-refractivity contribution < 1.29 is 35.5 Å². The summed E-state index contributed by atoms with van der Waals surface area (Å²) in [6.07, 6.45) is 0. The third kappa shape index (κ3) is 7.05. The van der Waals surface area contributed by atoms with E-state index in [1.807, 2.05) is 0 Å². The van der Waals surface area contributed by atoms with Crippen molar-refractivity contribution in [3.05, 3.63) is 129 Å². The van der Waals surface area contributed by atoms with Crippen molar-refractivity contribution in [1.82, 2.24) is 0 Å². The zero-order chi connectivity index (χ0) is 35.3. The Morgan fingerprint density at radius 1 is 0.510 bits per heavy atom. The Morgan fingerprint density at radius 3 is 1.12 bits per heavy atom. The summed E-state index contributed by atoms with van der Waals surface area (Å²) in [5, 5.41) is 26.3. The SMILES string of the molecule is CC(C)(C)c1c([O-])c([O-])c(C(C)(C)C)c(F)c1F.Cc1cccc(C)c1N=C1C(=Nc2c(C)cccc2C)c2cccc3cccc1c23.[Ni+2]. The second kappa shape index (κ2) is 13.9. The van der Waals surface area contributed by atoms with Crippen LogP contribution in [0.5, 0.6) is 11.5 Å². The van der Waals surface area contributed by atoms with E-state index in [2.05, 4.69) is 100 Å². The van der Waals surface area contributed by atoms with Crippen LogP contribution in [-0.4, -0.2) is 11.4 Å². The minimum Gasteiger partial charge on any atom is -0.873 e. The predicted molar refractivity (Wildman–Crippen MR) is 191 cm³/mol. The Kier molecular flexibility index (Phi) is 10.6. The minimum absolute atomic E-state index is 0. The molecule has 0 atom stereocenters. The topological polar surface area (TPSA) is 70.8 Å². The summed E-state index contributed by atoms with van der Waals surface area (Å²) >= 11 is 0. The molecule has 0 aromatic heterocycles. The first-order valence-corrected chi connectivity index (χ1v) is 16.2. The van der Waals surface area contributed by atoms with E-state index in [4.69, 9.17) is 9.98 Å². The van der Waals surface area contributed by atoms with E-state index in [1.165, 1.54) is 33.0 Å². The van der Waals surface area contributed by atoms with Crippen LogP contribution < -0.4 is 10.2 Å². The number of halogens is 2. The number of para-hydroxylation sites is 2. The van der Waals surface area contributed by atoms with Gasteiger partial charge in [-0.2, -0.15) is 0 Å². The van der Waals surface area contributed by atoms with Crippen LogP contribution in [0.1, 0.15) is 86.1 Å². The second-order valence-electron chi connectivity index (χ2n) is 14.6. The molecule has 1 aliphatic carbocycles. The maximum Gasteiger partial charge on any atom is 2.00 e. The predicted octanol–water partition coefficient (Wildman–Crippen LogP) is 10.0. The van der Waals surface area contributed by atoms with Gasteiger partial charge < -0.3 is 10.2 Å². The Hall–Kier alpha value is -4.35. The van der Waals surface area contributed by atoms with Gasteiger partial charge in [-0.15, -0.1) is 11.5 Å². The number of hydrogen-bond acceptors (Lipinski definition) is 4. The van der Waals surface area contributed by atoms with E-state index in [-0.39, 0.29) is 27.6 Å². The largest absolute Gasteiger partial charge is 2.00 e. The van der Waals surface area contributed by atoms with Gasteiger partial charge in [0, 0.05) is 16.5 Å². The number of nitrogens with zero attached hydrogens (tertiary/aromatic N) is 2. The van der Waals surface area contributed by atoms with E-state index in [1.54, 1.807) is 41.5 Å². The van der Waals surface area contributed by atoms with Crippen LogP contribution >= 0.6 is 0 Å². The van der Waals surface area contributed by atoms with Crippen molar-refractivity contribution in [3.63, 3.8) is 0 Å². The van der Waals surface area contributed by atoms with Crippen LogP contribution in [0.4, 0.5) is 20.2 Å². The van der Waals surface area contributed by atoms with E-state index >= 15 is 0 Å². The summed E-state index contributed by atoms with van der Waals surface area (Å²) in [6.45, 7) is 17.9. The Bertz CT molecular complexity index is 1920. The maximum absolute atomic E-state index is 14.0. The number of hydrogen-bond donors (Lipinski definition) is 0. The number of aryl methyl sites for hydroxylation is 4. The van der Waals surface area contributed by atoms with Gasteiger partial charge >= 0.3 is 16.5 Å². The molecule has 0 amide bonds. The van der Waals surface area contributed by atoms with Crippen LogP contribution in [0.25, 0.3) is 10.8 Å². The average Bonchev–Trinajstić information content (AvgIpc) is 3.28. The van der Waals surface area contributed by atoms with Crippen LogP contribution in [0.15, 0.2) is 82.8 Å². The molecule has 6 rings (SSSR count). The smallest absolute Gasteiger partial charge is 0.873 e. The summed E-state index contributed by atoms with van der Waals surface area (Å²) in [7, 11) is 0. The fraction of sp³-hybridized carbons (Fsp3) is 0.286. The summed E-state index contributed by atoms with van der Waals surface area (Å²) in [4.78, 5) is 10.4. The second-order valence-corrected chi connectivity index (χ2v) is 14.6. The molecule has 0 fully saturated rings. The van der Waals surface area contributed by atoms with E-state index in [9.17, 15) is 19.0 Å². The molecular weight excluding hydrogens is 661 g/mol. The van der Waals surface area contributed by atoms with Crippen molar-refractivity contribution in [1.29, 1.82) is 0 Å². The Labute approximate surface area is 298 Å². The van der Waals surface area contributed by atoms with Crippen LogP contribution in [0.2, 0.25) is 0 Å². The first kappa shape index (κ1) is 37.5. The number of benzene rings is 5. The van der Waals surface area contributed by atoms with E-state index < -0.39 is 34.0 Å².